The van der Waals surface area contributed by atoms with Crippen LogP contribution in [0.3, 0.4) is 0 Å². The smallest absolute Gasteiger partial charge is 0.345 e. The normalized spacial score (nSPS) is 18.1. The summed E-state index contributed by atoms with van der Waals surface area (Å²) in [4.78, 5) is 42.3. The summed E-state index contributed by atoms with van der Waals surface area (Å²) in [5.74, 6) is 0.227. The molecule has 2 aromatic carbocycles. The highest BCUT2D eigenvalue weighted by Crippen LogP contribution is 2.35. The highest BCUT2D eigenvalue weighted by molar-refractivity contribution is 6.14. The van der Waals surface area contributed by atoms with Crippen molar-refractivity contribution >= 4 is 24.1 Å². The van der Waals surface area contributed by atoms with Crippen LogP contribution in [0.5, 0.6) is 0 Å². The number of aryl methyl sites for hydroxylation is 2. The molecule has 0 aliphatic carbocycles. The molecule has 9 heteroatoms. The van der Waals surface area contributed by atoms with Gasteiger partial charge in [-0.05, 0) is 67.3 Å². The summed E-state index contributed by atoms with van der Waals surface area (Å²) in [7, 11) is 1.94. The molecule has 1 fully saturated rings. The largest absolute Gasteiger partial charge is 0.373 e. The molecule has 2 aliphatic heterocycles. The highest BCUT2D eigenvalue weighted by Gasteiger charge is 2.41. The van der Waals surface area contributed by atoms with E-state index in [9.17, 15) is 9.18 Å². The van der Waals surface area contributed by atoms with Gasteiger partial charge in [0.2, 0.25) is 5.96 Å². The van der Waals surface area contributed by atoms with Crippen molar-refractivity contribution in [2.45, 2.75) is 26.3 Å². The minimum absolute atomic E-state index is 0.132. The summed E-state index contributed by atoms with van der Waals surface area (Å²) in [5, 5.41) is 0. The molecule has 0 unspecified atom stereocenters. The molecule has 5 rings (SSSR count). The van der Waals surface area contributed by atoms with Crippen LogP contribution in [-0.2, 0) is 14.4 Å². The first-order valence-corrected chi connectivity index (χ1v) is 11.0. The van der Waals surface area contributed by atoms with E-state index in [1.807, 2.05) is 60.8 Å². The third kappa shape index (κ3) is 4.81. The number of benzene rings is 2. The Morgan fingerprint density at radius 3 is 2.46 bits per heavy atom. The number of carbonyl (C=O) groups is 1. The van der Waals surface area contributed by atoms with Crippen LogP contribution in [0.4, 0.5) is 4.39 Å². The number of guanidine groups is 1. The number of carbonyl (C=O) groups excluding carboxylic acids is 3. The van der Waals surface area contributed by atoms with Gasteiger partial charge in [0.25, 0.3) is 5.91 Å². The Hall–Kier alpha value is -4.36. The molecule has 0 radical (unpaired) electrons. The van der Waals surface area contributed by atoms with E-state index in [1.165, 1.54) is 12.1 Å². The van der Waals surface area contributed by atoms with Gasteiger partial charge in [-0.25, -0.2) is 14.4 Å². The molecule has 1 aromatic heterocycles. The Morgan fingerprint density at radius 1 is 1.11 bits per heavy atom. The van der Waals surface area contributed by atoms with Gasteiger partial charge in [0.15, 0.2) is 0 Å². The number of nitrogens with zero attached hydrogens (tertiary/aromatic N) is 5. The fourth-order valence-corrected chi connectivity index (χ4v) is 4.38. The lowest BCUT2D eigenvalue weighted by molar-refractivity contribution is -0.191. The lowest BCUT2D eigenvalue weighted by Crippen LogP contribution is -2.49. The minimum Gasteiger partial charge on any atom is -0.345 e. The number of fused-ring (bicyclic) bond motifs is 1. The van der Waals surface area contributed by atoms with Crippen molar-refractivity contribution in [3.8, 4) is 5.69 Å². The van der Waals surface area contributed by atoms with Gasteiger partial charge < -0.3 is 9.47 Å². The summed E-state index contributed by atoms with van der Waals surface area (Å²) < 4.78 is 15.4. The van der Waals surface area contributed by atoms with Crippen LogP contribution in [-0.4, -0.2) is 51.0 Å². The molecule has 8 nitrogen and oxygen atoms in total. The van der Waals surface area contributed by atoms with Crippen LogP contribution < -0.4 is 0 Å². The fourth-order valence-electron chi connectivity index (χ4n) is 4.38. The van der Waals surface area contributed by atoms with Crippen LogP contribution in [0.25, 0.3) is 11.8 Å². The molecule has 3 heterocycles. The second-order valence-corrected chi connectivity index (χ2v) is 8.45. The molecule has 1 amide bonds. The lowest BCUT2D eigenvalue weighted by Gasteiger charge is -2.38. The van der Waals surface area contributed by atoms with Gasteiger partial charge in [0.05, 0.1) is 18.1 Å². The number of amides is 1. The number of halogens is 1. The number of imidazole rings is 1. The maximum absolute atomic E-state index is 13.4. The van der Waals surface area contributed by atoms with Crippen molar-refractivity contribution in [3.63, 3.8) is 0 Å². The molecule has 178 valence electrons. The van der Waals surface area contributed by atoms with Crippen molar-refractivity contribution in [3.05, 3.63) is 88.9 Å². The van der Waals surface area contributed by atoms with Gasteiger partial charge in [-0.3, -0.25) is 9.69 Å². The standard InChI is InChI=1S/C25H24FN5O.CO2/c1-16-12-18(4-9-22(16)30-14-17(2)27-15-30)13-21-24(32)31-23(10-11-29(3)25(31)28-21)19-5-7-20(26)8-6-19;2-1-3/h4-9,12-15,23H,10-11H2,1-3H3;/b21-13-;/t23-;/m1./s1. The second-order valence-electron chi connectivity index (χ2n) is 8.45. The fraction of sp³-hybridized carbons (Fsp3) is 0.231. The number of hydrogen-bond donors (Lipinski definition) is 0. The third-order valence-corrected chi connectivity index (χ3v) is 6.03. The highest BCUT2D eigenvalue weighted by atomic mass is 19.1. The van der Waals surface area contributed by atoms with Gasteiger partial charge in [-0.15, -0.1) is 0 Å². The number of aromatic nitrogens is 2. The lowest BCUT2D eigenvalue weighted by atomic mass is 10.00. The van der Waals surface area contributed by atoms with Crippen LogP contribution in [0.1, 0.15) is 34.8 Å². The van der Waals surface area contributed by atoms with Crippen molar-refractivity contribution in [1.82, 2.24) is 19.4 Å². The Labute approximate surface area is 202 Å². The van der Waals surface area contributed by atoms with Crippen molar-refractivity contribution in [1.29, 1.82) is 0 Å². The summed E-state index contributed by atoms with van der Waals surface area (Å²) in [5.41, 5.74) is 5.32. The van der Waals surface area contributed by atoms with Crippen molar-refractivity contribution < 1.29 is 18.8 Å². The summed E-state index contributed by atoms with van der Waals surface area (Å²) in [6.07, 6.45) is 6.62. The topological polar surface area (TPSA) is 87.9 Å². The zero-order chi connectivity index (χ0) is 25.1. The molecule has 0 saturated carbocycles. The molecule has 3 aromatic rings. The van der Waals surface area contributed by atoms with E-state index in [0.29, 0.717) is 11.7 Å². The maximum atomic E-state index is 13.4. The average molecular weight is 474 g/mol. The zero-order valence-electron chi connectivity index (χ0n) is 19.6. The molecular weight excluding hydrogens is 449 g/mol. The first-order valence-electron chi connectivity index (χ1n) is 11.0. The number of rotatable bonds is 3. The van der Waals surface area contributed by atoms with Crippen molar-refractivity contribution in [2.24, 2.45) is 4.99 Å². The zero-order valence-corrected chi connectivity index (χ0v) is 19.6. The predicted octanol–water partition coefficient (Wildman–Crippen LogP) is 3.66. The van der Waals surface area contributed by atoms with Crippen LogP contribution in [0.15, 0.2) is 65.7 Å². The Balaban J connectivity index is 0.000000917. The van der Waals surface area contributed by atoms with Gasteiger partial charge in [0.1, 0.15) is 11.5 Å². The molecular formula is C26H24FN5O3. The van der Waals surface area contributed by atoms with E-state index in [1.54, 1.807) is 23.4 Å². The third-order valence-electron chi connectivity index (χ3n) is 6.03. The Morgan fingerprint density at radius 2 is 1.83 bits per heavy atom. The van der Waals surface area contributed by atoms with E-state index < -0.39 is 0 Å². The van der Waals surface area contributed by atoms with Gasteiger partial charge >= 0.3 is 6.15 Å². The number of aliphatic imine (C=N–C) groups is 1. The summed E-state index contributed by atoms with van der Waals surface area (Å²) in [6.45, 7) is 4.77. The molecule has 1 atom stereocenters. The molecule has 0 spiro atoms. The van der Waals surface area contributed by atoms with E-state index in [-0.39, 0.29) is 23.9 Å². The number of hydrogen-bond acceptors (Lipinski definition) is 6. The maximum Gasteiger partial charge on any atom is 0.373 e. The van der Waals surface area contributed by atoms with E-state index >= 15 is 0 Å². The van der Waals surface area contributed by atoms with E-state index in [2.05, 4.69) is 9.98 Å². The first kappa shape index (κ1) is 23.8. The molecule has 2 aliphatic rings. The summed E-state index contributed by atoms with van der Waals surface area (Å²) in [6, 6.07) is 12.3. The monoisotopic (exact) mass is 473 g/mol. The molecule has 0 N–H and O–H groups in total. The Bertz CT molecular complexity index is 1350. The average Bonchev–Trinajstić information content (AvgIpc) is 3.40. The van der Waals surface area contributed by atoms with Crippen LogP contribution >= 0.6 is 0 Å². The molecule has 1 saturated heterocycles. The van der Waals surface area contributed by atoms with E-state index in [4.69, 9.17) is 9.59 Å². The Kier molecular flexibility index (Phi) is 6.71. The van der Waals surface area contributed by atoms with Gasteiger partial charge in [-0.1, -0.05) is 18.2 Å². The van der Waals surface area contributed by atoms with Gasteiger partial charge in [0, 0.05) is 25.5 Å². The summed E-state index contributed by atoms with van der Waals surface area (Å²) >= 11 is 0. The molecule has 0 bridgehead atoms. The van der Waals surface area contributed by atoms with Crippen molar-refractivity contribution in [2.75, 3.05) is 13.6 Å². The molecule has 35 heavy (non-hydrogen) atoms. The predicted molar refractivity (Wildman–Crippen MR) is 127 cm³/mol. The first-order chi connectivity index (χ1) is 16.8. The van der Waals surface area contributed by atoms with Gasteiger partial charge in [-0.2, -0.15) is 9.59 Å². The second kappa shape index (κ2) is 9.87. The van der Waals surface area contributed by atoms with E-state index in [0.717, 1.165) is 41.0 Å². The van der Waals surface area contributed by atoms with Crippen LogP contribution in [0, 0.1) is 19.7 Å². The SMILES string of the molecule is Cc1cn(-c2ccc(/C=C3\N=C4N(C)CC[C@H](c5ccc(F)cc5)N4C3=O)cc2C)cn1.O=C=O. The van der Waals surface area contributed by atoms with Crippen LogP contribution in [0.2, 0.25) is 0 Å². The minimum atomic E-state index is -0.284. The quantitative estimate of drug-likeness (QED) is 0.542.